The third-order valence-electron chi connectivity index (χ3n) is 13.8. The first-order chi connectivity index (χ1) is 31.5. The van der Waals surface area contributed by atoms with Crippen molar-refractivity contribution in [3.63, 3.8) is 0 Å². The van der Waals surface area contributed by atoms with Gasteiger partial charge in [-0.1, -0.05) is 33.8 Å². The molecule has 0 unspecified atom stereocenters. The molecular formula is C48H66N10O7S. The molecule has 1 aromatic carbocycles. The summed E-state index contributed by atoms with van der Waals surface area (Å²) in [6.45, 7) is 14.9. The first-order valence-electron chi connectivity index (χ1n) is 23.4. The number of esters is 1. The number of nitrogens with zero attached hydrogens (tertiary/aromatic N) is 7. The van der Waals surface area contributed by atoms with Crippen molar-refractivity contribution >= 4 is 63.7 Å². The van der Waals surface area contributed by atoms with Crippen LogP contribution < -0.4 is 16.1 Å². The van der Waals surface area contributed by atoms with Crippen molar-refractivity contribution in [2.45, 2.75) is 123 Å². The molecule has 3 aromatic rings. The Morgan fingerprint density at radius 1 is 1.14 bits per heavy atom. The maximum absolute atomic E-state index is 14.6. The van der Waals surface area contributed by atoms with Gasteiger partial charge < -0.3 is 39.4 Å². The summed E-state index contributed by atoms with van der Waals surface area (Å²) in [6.07, 6.45) is 5.11. The third kappa shape index (κ3) is 9.51. The van der Waals surface area contributed by atoms with Crippen molar-refractivity contribution in [1.82, 2.24) is 45.3 Å². The van der Waals surface area contributed by atoms with E-state index < -0.39 is 41.3 Å². The van der Waals surface area contributed by atoms with Gasteiger partial charge in [0, 0.05) is 99.4 Å². The molecule has 0 aliphatic carbocycles. The standard InChI is InChI=1S/C48H66N10O7S/c1-10-57-38-16-15-29-19-32(38)33(42(57)31-13-11-17-49-40(31)28(4)64-9)21-48(5,6)26-65-46(62)34-14-12-18-58(53-34)45(61)35(20-39-51-37(29)25-66-39)52-43(59)41(27(2)3)55(8)47(63)54(7)30-23-56(24-30)44(60)36-22-50-36/h15-17,19,25,27-28,30,34-36,41,50,53H,10-14,18,20-24,26H2,1-9H3,(H,52,59)/t28-,34-,35-,36+,41-/m0/s1. The van der Waals surface area contributed by atoms with E-state index in [0.717, 1.165) is 64.1 Å². The number of benzene rings is 1. The Labute approximate surface area is 391 Å². The maximum atomic E-state index is 14.6. The number of rotatable bonds is 10. The molecule has 3 fully saturated rings. The zero-order chi connectivity index (χ0) is 47.2. The number of methoxy groups -OCH3 is 1. The fraction of sp³-hybridized carbons (Fsp3) is 0.604. The highest BCUT2D eigenvalue weighted by molar-refractivity contribution is 7.10. The van der Waals surface area contributed by atoms with Gasteiger partial charge in [0.05, 0.1) is 46.9 Å². The summed E-state index contributed by atoms with van der Waals surface area (Å²) in [5.41, 5.74) is 9.77. The van der Waals surface area contributed by atoms with Gasteiger partial charge in [-0.25, -0.2) is 15.2 Å². The Hall–Kier alpha value is -5.17. The number of fused-ring (bicyclic) bond motifs is 6. The van der Waals surface area contributed by atoms with E-state index in [2.05, 4.69) is 59.6 Å². The number of aromatic nitrogens is 2. The molecule has 17 nitrogen and oxygen atoms in total. The number of allylic oxidation sites excluding steroid dienone is 1. The summed E-state index contributed by atoms with van der Waals surface area (Å²) >= 11 is 1.42. The lowest BCUT2D eigenvalue weighted by Crippen LogP contribution is -2.65. The van der Waals surface area contributed by atoms with Gasteiger partial charge >= 0.3 is 12.0 Å². The first kappa shape index (κ1) is 47.3. The first-order valence-corrected chi connectivity index (χ1v) is 24.3. The van der Waals surface area contributed by atoms with E-state index in [1.807, 2.05) is 32.4 Å². The molecule has 8 rings (SSSR count). The van der Waals surface area contributed by atoms with E-state index >= 15 is 0 Å². The Balaban J connectivity index is 1.13. The van der Waals surface area contributed by atoms with E-state index in [4.69, 9.17) is 19.5 Å². The van der Waals surface area contributed by atoms with E-state index in [-0.39, 0.29) is 49.1 Å². The quantitative estimate of drug-likeness (QED) is 0.196. The van der Waals surface area contributed by atoms with E-state index in [9.17, 15) is 24.0 Å². The number of likely N-dealkylation sites (N-methyl/N-ethyl adjacent to an activating group) is 2. The molecule has 0 radical (unpaired) electrons. The van der Waals surface area contributed by atoms with Gasteiger partial charge in [0.15, 0.2) is 0 Å². The molecule has 3 saturated heterocycles. The van der Waals surface area contributed by atoms with Crippen molar-refractivity contribution in [1.29, 1.82) is 0 Å². The second-order valence-corrected chi connectivity index (χ2v) is 20.5. The lowest BCUT2D eigenvalue weighted by molar-refractivity contribution is -0.155. The molecule has 7 heterocycles. The average molecular weight is 927 g/mol. The summed E-state index contributed by atoms with van der Waals surface area (Å²) in [4.78, 5) is 84.2. The number of ether oxygens (including phenoxy) is 2. The summed E-state index contributed by atoms with van der Waals surface area (Å²) in [5.74, 6) is -1.62. The molecule has 5 aliphatic heterocycles. The van der Waals surface area contributed by atoms with E-state index in [1.165, 1.54) is 21.2 Å². The van der Waals surface area contributed by atoms with Crippen LogP contribution in [0.4, 0.5) is 4.79 Å². The van der Waals surface area contributed by atoms with Crippen LogP contribution in [0.5, 0.6) is 0 Å². The van der Waals surface area contributed by atoms with Crippen molar-refractivity contribution in [2.24, 2.45) is 16.3 Å². The summed E-state index contributed by atoms with van der Waals surface area (Å²) in [5, 5.41) is 11.2. The molecule has 0 saturated carbocycles. The number of hydrogen-bond acceptors (Lipinski definition) is 12. The van der Waals surface area contributed by atoms with Gasteiger partial charge in [-0.2, -0.15) is 0 Å². The third-order valence-corrected chi connectivity index (χ3v) is 14.6. The number of carbonyl (C=O) groups is 5. The molecule has 0 spiro atoms. The Morgan fingerprint density at radius 2 is 1.89 bits per heavy atom. The number of hydrogen-bond donors (Lipinski definition) is 3. The van der Waals surface area contributed by atoms with E-state index in [1.54, 1.807) is 31.0 Å². The SMILES string of the molecule is CCn1c(C2=C([C@H](C)OC)N=CCC2)c2c3cc(ccc31)-c1csc(n1)C[C@H](NC(=O)[C@H](C(C)C)N(C)C(=O)N(C)C1CN(C(=O)[C@H]3CN3)C1)C(=O)N1CCC[C@H](N1)C(=O)OCC(C)(C)C2. The van der Waals surface area contributed by atoms with Crippen molar-refractivity contribution in [3.05, 3.63) is 45.5 Å². The lowest BCUT2D eigenvalue weighted by atomic mass is 9.83. The number of aliphatic imine (C=N–C) groups is 1. The van der Waals surface area contributed by atoms with Crippen LogP contribution >= 0.6 is 11.3 Å². The maximum Gasteiger partial charge on any atom is 0.324 e. The summed E-state index contributed by atoms with van der Waals surface area (Å²) in [6, 6.07) is 2.98. The van der Waals surface area contributed by atoms with Crippen LogP contribution in [0.15, 0.2) is 34.3 Å². The molecule has 66 heavy (non-hydrogen) atoms. The molecule has 3 N–H and O–H groups in total. The number of amides is 5. The van der Waals surface area contributed by atoms with Crippen molar-refractivity contribution in [2.75, 3.05) is 54.0 Å². The van der Waals surface area contributed by atoms with Gasteiger partial charge in [-0.05, 0) is 69.6 Å². The number of thiazole rings is 1. The zero-order valence-electron chi connectivity index (χ0n) is 39.8. The second-order valence-electron chi connectivity index (χ2n) is 19.6. The van der Waals surface area contributed by atoms with Crippen LogP contribution in [0, 0.1) is 11.3 Å². The Morgan fingerprint density at radius 3 is 2.59 bits per heavy atom. The zero-order valence-corrected chi connectivity index (χ0v) is 40.6. The number of carbonyl (C=O) groups excluding carboxylic acids is 5. The highest BCUT2D eigenvalue weighted by Crippen LogP contribution is 2.42. The van der Waals surface area contributed by atoms with Crippen LogP contribution in [0.1, 0.15) is 83.5 Å². The molecule has 18 heteroatoms. The number of hydrazine groups is 1. The number of aryl methyl sites for hydroxylation is 1. The lowest BCUT2D eigenvalue weighted by Gasteiger charge is -2.45. The van der Waals surface area contributed by atoms with Crippen LogP contribution in [0.25, 0.3) is 27.7 Å². The molecule has 5 aliphatic rings. The van der Waals surface area contributed by atoms with Crippen LogP contribution in [0.2, 0.25) is 0 Å². The largest absolute Gasteiger partial charge is 0.464 e. The molecule has 5 atom stereocenters. The minimum atomic E-state index is -1.08. The Kier molecular flexibility index (Phi) is 13.8. The summed E-state index contributed by atoms with van der Waals surface area (Å²) < 4.78 is 14.3. The molecule has 5 amide bonds. The smallest absolute Gasteiger partial charge is 0.324 e. The highest BCUT2D eigenvalue weighted by Gasteiger charge is 2.44. The number of likely N-dealkylation sites (tertiary alicyclic amines) is 1. The van der Waals surface area contributed by atoms with Crippen LogP contribution in [-0.4, -0.2) is 156 Å². The van der Waals surface area contributed by atoms with Gasteiger partial charge in [0.1, 0.15) is 18.1 Å². The van der Waals surface area contributed by atoms with E-state index in [0.29, 0.717) is 50.4 Å². The molecule has 2 aromatic heterocycles. The van der Waals surface area contributed by atoms with Gasteiger partial charge in [-0.3, -0.25) is 29.2 Å². The van der Waals surface area contributed by atoms with Gasteiger partial charge in [-0.15, -0.1) is 11.3 Å². The fourth-order valence-electron chi connectivity index (χ4n) is 9.87. The number of urea groups is 1. The van der Waals surface area contributed by atoms with Gasteiger partial charge in [0.2, 0.25) is 11.8 Å². The van der Waals surface area contributed by atoms with Crippen LogP contribution in [-0.2, 0) is 48.0 Å². The predicted molar refractivity (Wildman–Crippen MR) is 253 cm³/mol. The molecule has 6 bridgehead atoms. The number of cyclic esters (lactones) is 1. The topological polar surface area (TPSA) is 193 Å². The number of nitrogens with one attached hydrogen (secondary N) is 3. The minimum absolute atomic E-state index is 0.0404. The van der Waals surface area contributed by atoms with Crippen LogP contribution in [0.3, 0.4) is 0 Å². The van der Waals surface area contributed by atoms with Gasteiger partial charge in [0.25, 0.3) is 5.91 Å². The fourth-order valence-corrected chi connectivity index (χ4v) is 10.7. The van der Waals surface area contributed by atoms with Crippen molar-refractivity contribution in [3.8, 4) is 11.3 Å². The summed E-state index contributed by atoms with van der Waals surface area (Å²) in [7, 11) is 5.00. The normalized spacial score (nSPS) is 23.3. The average Bonchev–Trinajstić information content (AvgIpc) is 3.97. The predicted octanol–water partition coefficient (Wildman–Crippen LogP) is 4.23. The molecular weight excluding hydrogens is 861 g/mol. The molecule has 356 valence electrons. The minimum Gasteiger partial charge on any atom is -0.464 e. The Bertz CT molecular complexity index is 2430. The monoisotopic (exact) mass is 926 g/mol. The highest BCUT2D eigenvalue weighted by atomic mass is 32.1. The van der Waals surface area contributed by atoms with Crippen molar-refractivity contribution < 1.29 is 33.4 Å². The second kappa shape index (κ2) is 19.2.